The fourth-order valence-electron chi connectivity index (χ4n) is 3.30. The molecule has 0 aliphatic carbocycles. The molecular formula is C24H19NO6. The van der Waals surface area contributed by atoms with E-state index in [0.717, 1.165) is 11.1 Å². The summed E-state index contributed by atoms with van der Waals surface area (Å²) in [6, 6.07) is 19.3. The van der Waals surface area contributed by atoms with Gasteiger partial charge in [0.15, 0.2) is 11.5 Å². The molecule has 0 radical (unpaired) electrons. The molecule has 1 N–H and O–H groups in total. The average Bonchev–Trinajstić information content (AvgIpc) is 3.26. The van der Waals surface area contributed by atoms with Crippen LogP contribution in [0.5, 0.6) is 23.0 Å². The molecule has 0 aromatic heterocycles. The number of para-hydroxylation sites is 1. The molecule has 3 aromatic carbocycles. The predicted octanol–water partition coefficient (Wildman–Crippen LogP) is 4.38. The summed E-state index contributed by atoms with van der Waals surface area (Å²) in [5.41, 5.74) is 2.32. The number of fused-ring (bicyclic) bond motifs is 1. The highest BCUT2D eigenvalue weighted by molar-refractivity contribution is 5.75. The summed E-state index contributed by atoms with van der Waals surface area (Å²) in [4.78, 5) is 11.9. The summed E-state index contributed by atoms with van der Waals surface area (Å²) < 4.78 is 22.5. The number of aryl methyl sites for hydroxylation is 1. The predicted molar refractivity (Wildman–Crippen MR) is 110 cm³/mol. The van der Waals surface area contributed by atoms with Crippen LogP contribution >= 0.6 is 0 Å². The van der Waals surface area contributed by atoms with Crippen LogP contribution in [-0.4, -0.2) is 17.9 Å². The van der Waals surface area contributed by atoms with Gasteiger partial charge in [0.05, 0.1) is 5.56 Å². The van der Waals surface area contributed by atoms with Gasteiger partial charge in [-0.1, -0.05) is 36.4 Å². The van der Waals surface area contributed by atoms with E-state index in [-0.39, 0.29) is 24.7 Å². The summed E-state index contributed by atoms with van der Waals surface area (Å²) in [5.74, 6) is 0.708. The lowest BCUT2D eigenvalue weighted by molar-refractivity contribution is -0.145. The molecule has 0 amide bonds. The molecule has 31 heavy (non-hydrogen) atoms. The van der Waals surface area contributed by atoms with E-state index in [0.29, 0.717) is 22.8 Å². The normalized spacial score (nSPS) is 12.6. The van der Waals surface area contributed by atoms with Gasteiger partial charge in [-0.3, -0.25) is 0 Å². The molecule has 1 heterocycles. The molecule has 7 heteroatoms. The molecule has 4 rings (SSSR count). The standard InChI is InChI=1S/C24H19NO6/c1-15-5-2-3-7-19(15)23(24(26)27)31-21-11-18(10-9-16(21)12-25)28-13-17-6-4-8-20-22(17)30-14-29-20/h2-11,23H,13-14H2,1H3,(H,26,27). The highest BCUT2D eigenvalue weighted by Gasteiger charge is 2.25. The first-order chi connectivity index (χ1) is 15.1. The van der Waals surface area contributed by atoms with E-state index in [1.807, 2.05) is 43.3 Å². The van der Waals surface area contributed by atoms with Gasteiger partial charge in [0.25, 0.3) is 0 Å². The van der Waals surface area contributed by atoms with Crippen molar-refractivity contribution in [2.45, 2.75) is 19.6 Å². The molecule has 1 aliphatic heterocycles. The Morgan fingerprint density at radius 3 is 2.77 bits per heavy atom. The molecule has 1 aliphatic rings. The first-order valence-electron chi connectivity index (χ1n) is 9.56. The summed E-state index contributed by atoms with van der Waals surface area (Å²) in [6.07, 6.45) is -1.26. The van der Waals surface area contributed by atoms with Crippen molar-refractivity contribution in [3.8, 4) is 29.1 Å². The molecule has 1 atom stereocenters. The fraction of sp³-hybridized carbons (Fsp3) is 0.167. The van der Waals surface area contributed by atoms with Gasteiger partial charge in [0.2, 0.25) is 12.9 Å². The van der Waals surface area contributed by atoms with E-state index in [1.165, 1.54) is 12.1 Å². The van der Waals surface area contributed by atoms with E-state index in [1.54, 1.807) is 18.2 Å². The third-order valence-electron chi connectivity index (χ3n) is 4.89. The summed E-state index contributed by atoms with van der Waals surface area (Å²) in [5, 5.41) is 19.2. The van der Waals surface area contributed by atoms with Crippen LogP contribution in [0.2, 0.25) is 0 Å². The van der Waals surface area contributed by atoms with Gasteiger partial charge >= 0.3 is 5.97 Å². The fourth-order valence-corrected chi connectivity index (χ4v) is 3.30. The molecular weight excluding hydrogens is 398 g/mol. The van der Waals surface area contributed by atoms with Gasteiger partial charge in [-0.15, -0.1) is 0 Å². The van der Waals surface area contributed by atoms with Crippen molar-refractivity contribution in [2.24, 2.45) is 0 Å². The number of nitriles is 1. The van der Waals surface area contributed by atoms with Gasteiger partial charge in [0, 0.05) is 17.2 Å². The second kappa shape index (κ2) is 8.67. The minimum absolute atomic E-state index is 0.133. The minimum atomic E-state index is -1.26. The molecule has 1 unspecified atom stereocenters. The maximum atomic E-state index is 11.9. The van der Waals surface area contributed by atoms with Crippen LogP contribution in [0.4, 0.5) is 0 Å². The molecule has 3 aromatic rings. The van der Waals surface area contributed by atoms with Gasteiger partial charge in [-0.2, -0.15) is 5.26 Å². The highest BCUT2D eigenvalue weighted by Crippen LogP contribution is 2.36. The number of nitrogens with zero attached hydrogens (tertiary/aromatic N) is 1. The van der Waals surface area contributed by atoms with Gasteiger partial charge < -0.3 is 24.1 Å². The van der Waals surface area contributed by atoms with Crippen LogP contribution in [0.15, 0.2) is 60.7 Å². The lowest BCUT2D eigenvalue weighted by Crippen LogP contribution is -2.19. The molecule has 0 bridgehead atoms. The van der Waals surface area contributed by atoms with Crippen molar-refractivity contribution < 1.29 is 28.8 Å². The minimum Gasteiger partial charge on any atom is -0.489 e. The first kappa shape index (κ1) is 20.1. The monoisotopic (exact) mass is 417 g/mol. The van der Waals surface area contributed by atoms with Crippen molar-refractivity contribution in [2.75, 3.05) is 6.79 Å². The third kappa shape index (κ3) is 4.23. The van der Waals surface area contributed by atoms with E-state index < -0.39 is 12.1 Å². The Labute approximate surface area is 179 Å². The topological polar surface area (TPSA) is 98.0 Å². The average molecular weight is 417 g/mol. The lowest BCUT2D eigenvalue weighted by atomic mass is 10.0. The zero-order chi connectivity index (χ0) is 21.8. The molecule has 0 fully saturated rings. The van der Waals surface area contributed by atoms with Crippen LogP contribution in [-0.2, 0) is 11.4 Å². The molecule has 0 saturated heterocycles. The van der Waals surface area contributed by atoms with E-state index in [9.17, 15) is 15.2 Å². The molecule has 7 nitrogen and oxygen atoms in total. The van der Waals surface area contributed by atoms with E-state index in [2.05, 4.69) is 0 Å². The SMILES string of the molecule is Cc1ccccc1C(Oc1cc(OCc2cccc3c2OCO3)ccc1C#N)C(=O)O. The summed E-state index contributed by atoms with van der Waals surface area (Å²) in [6.45, 7) is 2.18. The lowest BCUT2D eigenvalue weighted by Gasteiger charge is -2.19. The number of aliphatic carboxylic acids is 1. The zero-order valence-electron chi connectivity index (χ0n) is 16.7. The Morgan fingerprint density at radius 2 is 2.00 bits per heavy atom. The van der Waals surface area contributed by atoms with Gasteiger partial charge in [-0.25, -0.2) is 4.79 Å². The molecule has 156 valence electrons. The van der Waals surface area contributed by atoms with Crippen LogP contribution in [0.1, 0.15) is 28.4 Å². The number of benzene rings is 3. The largest absolute Gasteiger partial charge is 0.489 e. The Hall–Kier alpha value is -4.18. The smallest absolute Gasteiger partial charge is 0.349 e. The Balaban J connectivity index is 1.58. The third-order valence-corrected chi connectivity index (χ3v) is 4.89. The maximum absolute atomic E-state index is 11.9. The highest BCUT2D eigenvalue weighted by atomic mass is 16.7. The van der Waals surface area contributed by atoms with Crippen molar-refractivity contribution in [1.82, 2.24) is 0 Å². The number of hydrogen-bond acceptors (Lipinski definition) is 6. The van der Waals surface area contributed by atoms with Crippen LogP contribution in [0, 0.1) is 18.3 Å². The van der Waals surface area contributed by atoms with Crippen LogP contribution < -0.4 is 18.9 Å². The summed E-state index contributed by atoms with van der Waals surface area (Å²) >= 11 is 0. The number of carbonyl (C=O) groups is 1. The van der Waals surface area contributed by atoms with Gasteiger partial charge in [0.1, 0.15) is 24.2 Å². The number of ether oxygens (including phenoxy) is 4. The van der Waals surface area contributed by atoms with Crippen molar-refractivity contribution in [1.29, 1.82) is 5.26 Å². The number of rotatable bonds is 7. The second-order valence-corrected chi connectivity index (χ2v) is 6.90. The van der Waals surface area contributed by atoms with Crippen molar-refractivity contribution in [3.05, 3.63) is 82.9 Å². The van der Waals surface area contributed by atoms with Gasteiger partial charge in [-0.05, 0) is 30.7 Å². The molecule has 0 saturated carbocycles. The number of carboxylic acid groups (broad SMARTS) is 1. The van der Waals surface area contributed by atoms with E-state index >= 15 is 0 Å². The van der Waals surface area contributed by atoms with E-state index in [4.69, 9.17) is 18.9 Å². The maximum Gasteiger partial charge on any atom is 0.349 e. The second-order valence-electron chi connectivity index (χ2n) is 6.90. The Bertz CT molecular complexity index is 1170. The van der Waals surface area contributed by atoms with Crippen LogP contribution in [0.25, 0.3) is 0 Å². The van der Waals surface area contributed by atoms with Crippen molar-refractivity contribution in [3.63, 3.8) is 0 Å². The summed E-state index contributed by atoms with van der Waals surface area (Å²) in [7, 11) is 0. The first-order valence-corrected chi connectivity index (χ1v) is 9.56. The number of hydrogen-bond donors (Lipinski definition) is 1. The quantitative estimate of drug-likeness (QED) is 0.609. The van der Waals surface area contributed by atoms with Crippen molar-refractivity contribution >= 4 is 5.97 Å². The molecule has 0 spiro atoms. The van der Waals surface area contributed by atoms with Crippen LogP contribution in [0.3, 0.4) is 0 Å². The number of carboxylic acids is 1. The Kier molecular flexibility index (Phi) is 5.63. The Morgan fingerprint density at radius 1 is 1.16 bits per heavy atom. The zero-order valence-corrected chi connectivity index (χ0v) is 16.7.